The normalized spacial score (nSPS) is 15.1. The van der Waals surface area contributed by atoms with Crippen molar-refractivity contribution in [3.05, 3.63) is 42.0 Å². The molecule has 2 rings (SSSR count). The van der Waals surface area contributed by atoms with Crippen LogP contribution in [0.15, 0.2) is 41.4 Å². The molecule has 0 unspecified atom stereocenters. The van der Waals surface area contributed by atoms with Gasteiger partial charge >= 0.3 is 0 Å². The van der Waals surface area contributed by atoms with Crippen LogP contribution in [0.1, 0.15) is 5.56 Å². The average molecular weight is 143 g/mol. The van der Waals surface area contributed by atoms with Gasteiger partial charge in [0.25, 0.3) is 0 Å². The van der Waals surface area contributed by atoms with Gasteiger partial charge in [0.05, 0.1) is 6.54 Å². The van der Waals surface area contributed by atoms with Gasteiger partial charge in [0, 0.05) is 6.21 Å². The minimum atomic E-state index is 0.838. The maximum Gasteiger partial charge on any atom is 0.0580 e. The summed E-state index contributed by atoms with van der Waals surface area (Å²) < 4.78 is 0. The molecule has 1 heterocycles. The van der Waals surface area contributed by atoms with Crippen LogP contribution in [0.3, 0.4) is 0 Å². The van der Waals surface area contributed by atoms with Crippen LogP contribution in [0.4, 0.5) is 0 Å². The van der Waals surface area contributed by atoms with Crippen LogP contribution in [-0.2, 0) is 0 Å². The molecule has 1 heteroatoms. The van der Waals surface area contributed by atoms with E-state index in [0.717, 1.165) is 6.54 Å². The third-order valence-corrected chi connectivity index (χ3v) is 1.75. The summed E-state index contributed by atoms with van der Waals surface area (Å²) in [5.41, 5.74) is 2.50. The Morgan fingerprint density at radius 2 is 1.91 bits per heavy atom. The Balaban J connectivity index is 2.37. The van der Waals surface area contributed by atoms with E-state index in [9.17, 15) is 0 Å². The summed E-state index contributed by atoms with van der Waals surface area (Å²) in [4.78, 5) is 4.12. The van der Waals surface area contributed by atoms with E-state index in [1.165, 1.54) is 11.1 Å². The van der Waals surface area contributed by atoms with Crippen molar-refractivity contribution in [3.63, 3.8) is 0 Å². The van der Waals surface area contributed by atoms with E-state index in [0.29, 0.717) is 0 Å². The second-order valence-corrected chi connectivity index (χ2v) is 2.52. The van der Waals surface area contributed by atoms with Gasteiger partial charge in [-0.05, 0) is 11.1 Å². The Bertz CT molecular complexity index is 296. The Labute approximate surface area is 66.1 Å². The average Bonchev–Trinajstić information content (AvgIpc) is 2.58. The SMILES string of the molecule is C1=NCC=C1c1ccccc1. The predicted octanol–water partition coefficient (Wildman–Crippen LogP) is 2.15. The minimum Gasteiger partial charge on any atom is -0.288 e. The molecule has 0 atom stereocenters. The van der Waals surface area contributed by atoms with E-state index >= 15 is 0 Å². The highest BCUT2D eigenvalue weighted by Gasteiger charge is 1.99. The van der Waals surface area contributed by atoms with Crippen molar-refractivity contribution < 1.29 is 0 Å². The van der Waals surface area contributed by atoms with E-state index in [4.69, 9.17) is 0 Å². The topological polar surface area (TPSA) is 12.4 Å². The van der Waals surface area contributed by atoms with Crippen molar-refractivity contribution in [2.45, 2.75) is 0 Å². The molecule has 0 N–H and O–H groups in total. The summed E-state index contributed by atoms with van der Waals surface area (Å²) in [6, 6.07) is 10.3. The first kappa shape index (κ1) is 6.35. The zero-order valence-electron chi connectivity index (χ0n) is 6.20. The molecule has 0 radical (unpaired) electrons. The zero-order chi connectivity index (χ0) is 7.52. The third-order valence-electron chi connectivity index (χ3n) is 1.75. The molecule has 0 spiro atoms. The summed E-state index contributed by atoms with van der Waals surface area (Å²) in [5.74, 6) is 0. The van der Waals surface area contributed by atoms with Gasteiger partial charge in [0.2, 0.25) is 0 Å². The first-order valence-corrected chi connectivity index (χ1v) is 3.72. The van der Waals surface area contributed by atoms with Crippen molar-refractivity contribution in [1.82, 2.24) is 0 Å². The highest BCUT2D eigenvalue weighted by molar-refractivity contribution is 6.11. The molecule has 54 valence electrons. The van der Waals surface area contributed by atoms with E-state index in [1.807, 2.05) is 24.4 Å². The number of hydrogen-bond donors (Lipinski definition) is 0. The number of aliphatic imine (C=N–C) groups is 1. The number of allylic oxidation sites excluding steroid dienone is 1. The lowest BCUT2D eigenvalue weighted by atomic mass is 10.1. The second-order valence-electron chi connectivity index (χ2n) is 2.52. The smallest absolute Gasteiger partial charge is 0.0580 e. The fourth-order valence-electron chi connectivity index (χ4n) is 1.18. The Morgan fingerprint density at radius 3 is 2.55 bits per heavy atom. The largest absolute Gasteiger partial charge is 0.288 e. The van der Waals surface area contributed by atoms with Crippen molar-refractivity contribution in [3.8, 4) is 0 Å². The number of nitrogens with zero attached hydrogens (tertiary/aromatic N) is 1. The van der Waals surface area contributed by atoms with Gasteiger partial charge in [-0.3, -0.25) is 4.99 Å². The molecule has 1 aliphatic rings. The third kappa shape index (κ3) is 1.22. The van der Waals surface area contributed by atoms with Crippen molar-refractivity contribution >= 4 is 11.8 Å². The molecule has 0 bridgehead atoms. The summed E-state index contributed by atoms with van der Waals surface area (Å²) in [5, 5.41) is 0. The Hall–Kier alpha value is -1.37. The van der Waals surface area contributed by atoms with Crippen molar-refractivity contribution in [1.29, 1.82) is 0 Å². The summed E-state index contributed by atoms with van der Waals surface area (Å²) in [7, 11) is 0. The summed E-state index contributed by atoms with van der Waals surface area (Å²) in [6.45, 7) is 0.838. The second kappa shape index (κ2) is 2.70. The van der Waals surface area contributed by atoms with Gasteiger partial charge in [-0.25, -0.2) is 0 Å². The fourth-order valence-corrected chi connectivity index (χ4v) is 1.18. The van der Waals surface area contributed by atoms with E-state index in [1.54, 1.807) is 0 Å². The van der Waals surface area contributed by atoms with Gasteiger partial charge < -0.3 is 0 Å². The van der Waals surface area contributed by atoms with Crippen LogP contribution >= 0.6 is 0 Å². The highest BCUT2D eigenvalue weighted by Crippen LogP contribution is 2.14. The zero-order valence-corrected chi connectivity index (χ0v) is 6.20. The minimum absolute atomic E-state index is 0.838. The Kier molecular flexibility index (Phi) is 1.56. The van der Waals surface area contributed by atoms with Gasteiger partial charge in [-0.15, -0.1) is 0 Å². The lowest BCUT2D eigenvalue weighted by Crippen LogP contribution is -1.80. The molecule has 0 saturated heterocycles. The molecule has 0 saturated carbocycles. The molecule has 1 aliphatic heterocycles. The number of benzene rings is 1. The predicted molar refractivity (Wildman–Crippen MR) is 47.8 cm³/mol. The molecule has 0 amide bonds. The van der Waals surface area contributed by atoms with E-state index in [2.05, 4.69) is 23.2 Å². The molecule has 0 aromatic heterocycles. The van der Waals surface area contributed by atoms with Crippen molar-refractivity contribution in [2.24, 2.45) is 4.99 Å². The van der Waals surface area contributed by atoms with Crippen LogP contribution in [0.2, 0.25) is 0 Å². The molecule has 0 aliphatic carbocycles. The molecule has 1 nitrogen and oxygen atoms in total. The molecule has 1 aromatic rings. The van der Waals surface area contributed by atoms with E-state index < -0.39 is 0 Å². The van der Waals surface area contributed by atoms with Crippen LogP contribution in [0.25, 0.3) is 5.57 Å². The molecular weight excluding hydrogens is 134 g/mol. The maximum atomic E-state index is 4.12. The van der Waals surface area contributed by atoms with E-state index in [-0.39, 0.29) is 0 Å². The lowest BCUT2D eigenvalue weighted by molar-refractivity contribution is 1.29. The highest BCUT2D eigenvalue weighted by atomic mass is 14.7. The number of rotatable bonds is 1. The first-order chi connectivity index (χ1) is 5.47. The standard InChI is InChI=1S/C10H9N/c1-2-4-9(5-3-1)10-6-7-11-8-10/h1-6,8H,7H2. The van der Waals surface area contributed by atoms with Gasteiger partial charge in [-0.1, -0.05) is 36.4 Å². The van der Waals surface area contributed by atoms with Gasteiger partial charge in [0.15, 0.2) is 0 Å². The molecule has 11 heavy (non-hydrogen) atoms. The van der Waals surface area contributed by atoms with Crippen LogP contribution in [-0.4, -0.2) is 12.8 Å². The number of hydrogen-bond acceptors (Lipinski definition) is 1. The Morgan fingerprint density at radius 1 is 1.09 bits per heavy atom. The van der Waals surface area contributed by atoms with Crippen molar-refractivity contribution in [2.75, 3.05) is 6.54 Å². The fraction of sp³-hybridized carbons (Fsp3) is 0.100. The molecule has 0 fully saturated rings. The quantitative estimate of drug-likeness (QED) is 0.571. The monoisotopic (exact) mass is 143 g/mol. The van der Waals surface area contributed by atoms with Crippen LogP contribution in [0, 0.1) is 0 Å². The summed E-state index contributed by atoms with van der Waals surface area (Å²) >= 11 is 0. The van der Waals surface area contributed by atoms with Crippen LogP contribution < -0.4 is 0 Å². The van der Waals surface area contributed by atoms with Crippen LogP contribution in [0.5, 0.6) is 0 Å². The first-order valence-electron chi connectivity index (χ1n) is 3.72. The summed E-state index contributed by atoms with van der Waals surface area (Å²) in [6.07, 6.45) is 4.06. The van der Waals surface area contributed by atoms with Gasteiger partial charge in [-0.2, -0.15) is 0 Å². The maximum absolute atomic E-state index is 4.12. The molecular formula is C10H9N. The lowest BCUT2D eigenvalue weighted by Gasteiger charge is -1.95. The van der Waals surface area contributed by atoms with Gasteiger partial charge in [0.1, 0.15) is 0 Å². The molecule has 1 aromatic carbocycles.